The molecule has 0 fully saturated rings. The molecule has 1 N–H and O–H groups in total. The summed E-state index contributed by atoms with van der Waals surface area (Å²) >= 11 is 3.22. The van der Waals surface area contributed by atoms with Crippen molar-refractivity contribution in [3.8, 4) is 0 Å². The Morgan fingerprint density at radius 2 is 1.86 bits per heavy atom. The molecule has 2 nitrogen and oxygen atoms in total. The minimum atomic E-state index is -0.529. The number of hydrogen-bond acceptors (Lipinski definition) is 1. The van der Waals surface area contributed by atoms with Crippen LogP contribution in [0.3, 0.4) is 0 Å². The number of amides is 1. The lowest BCUT2D eigenvalue weighted by molar-refractivity contribution is -0.111. The Hall–Kier alpha value is -2.01. The van der Waals surface area contributed by atoms with Crippen LogP contribution < -0.4 is 5.32 Å². The lowest BCUT2D eigenvalue weighted by Gasteiger charge is -2.05. The van der Waals surface area contributed by atoms with E-state index in [0.717, 1.165) is 11.6 Å². The van der Waals surface area contributed by atoms with Crippen LogP contribution in [0.1, 0.15) is 11.1 Å². The van der Waals surface area contributed by atoms with Gasteiger partial charge in [-0.15, -0.1) is 0 Å². The zero-order valence-corrected chi connectivity index (χ0v) is 12.7. The SMILES string of the molecule is Cc1ccc(F)c(NC(=O)/C=C/c2cc(Br)ccc2F)c1. The molecule has 0 spiro atoms. The van der Waals surface area contributed by atoms with Crippen molar-refractivity contribution in [3.63, 3.8) is 0 Å². The van der Waals surface area contributed by atoms with Crippen LogP contribution in [-0.2, 0) is 4.79 Å². The summed E-state index contributed by atoms with van der Waals surface area (Å²) in [5, 5.41) is 2.42. The highest BCUT2D eigenvalue weighted by molar-refractivity contribution is 9.10. The minimum Gasteiger partial charge on any atom is -0.320 e. The van der Waals surface area contributed by atoms with Gasteiger partial charge in [0.2, 0.25) is 5.91 Å². The number of hydrogen-bond donors (Lipinski definition) is 1. The summed E-state index contributed by atoms with van der Waals surface area (Å²) < 4.78 is 27.7. The molecule has 0 radical (unpaired) electrons. The van der Waals surface area contributed by atoms with Gasteiger partial charge in [-0.3, -0.25) is 4.79 Å². The minimum absolute atomic E-state index is 0.0966. The Kier molecular flexibility index (Phi) is 4.85. The number of carbonyl (C=O) groups excluding carboxylic acids is 1. The van der Waals surface area contributed by atoms with Crippen LogP contribution in [-0.4, -0.2) is 5.91 Å². The largest absolute Gasteiger partial charge is 0.320 e. The Morgan fingerprint density at radius 3 is 2.62 bits per heavy atom. The predicted octanol–water partition coefficient (Wildman–Crippen LogP) is 4.69. The van der Waals surface area contributed by atoms with Crippen molar-refractivity contribution in [2.75, 3.05) is 5.32 Å². The normalized spacial score (nSPS) is 10.9. The third-order valence-corrected chi connectivity index (χ3v) is 3.25. The van der Waals surface area contributed by atoms with Crippen molar-refractivity contribution < 1.29 is 13.6 Å². The van der Waals surface area contributed by atoms with E-state index in [0.29, 0.717) is 4.47 Å². The molecule has 2 aromatic carbocycles. The number of anilines is 1. The molecule has 108 valence electrons. The third-order valence-electron chi connectivity index (χ3n) is 2.75. The maximum Gasteiger partial charge on any atom is 0.248 e. The van der Waals surface area contributed by atoms with Gasteiger partial charge in [-0.25, -0.2) is 8.78 Å². The number of aryl methyl sites for hydroxylation is 1. The Bertz CT molecular complexity index is 713. The highest BCUT2D eigenvalue weighted by Crippen LogP contribution is 2.18. The number of carbonyl (C=O) groups is 1. The first-order chi connectivity index (χ1) is 9.95. The summed E-state index contributed by atoms with van der Waals surface area (Å²) in [6.45, 7) is 1.79. The summed E-state index contributed by atoms with van der Waals surface area (Å²) in [5.74, 6) is -1.49. The Balaban J connectivity index is 2.13. The first-order valence-electron chi connectivity index (χ1n) is 6.16. The molecular formula is C16H12BrF2NO. The molecule has 0 atom stereocenters. The van der Waals surface area contributed by atoms with E-state index in [4.69, 9.17) is 0 Å². The molecule has 21 heavy (non-hydrogen) atoms. The van der Waals surface area contributed by atoms with Crippen molar-refractivity contribution >= 4 is 33.6 Å². The second-order valence-corrected chi connectivity index (χ2v) is 5.39. The van der Waals surface area contributed by atoms with Crippen LogP contribution in [0.15, 0.2) is 46.9 Å². The fourth-order valence-electron chi connectivity index (χ4n) is 1.72. The van der Waals surface area contributed by atoms with Gasteiger partial charge in [0.05, 0.1) is 5.69 Å². The zero-order valence-electron chi connectivity index (χ0n) is 11.2. The molecule has 2 rings (SSSR count). The molecule has 0 heterocycles. The van der Waals surface area contributed by atoms with Crippen LogP contribution in [0.4, 0.5) is 14.5 Å². The van der Waals surface area contributed by atoms with Crippen LogP contribution in [0.5, 0.6) is 0 Å². The van der Waals surface area contributed by atoms with Gasteiger partial charge < -0.3 is 5.32 Å². The van der Waals surface area contributed by atoms with E-state index in [9.17, 15) is 13.6 Å². The Labute approximate surface area is 129 Å². The highest BCUT2D eigenvalue weighted by atomic mass is 79.9. The van der Waals surface area contributed by atoms with E-state index in [1.54, 1.807) is 25.1 Å². The molecule has 1 amide bonds. The average molecular weight is 352 g/mol. The third kappa shape index (κ3) is 4.23. The summed E-state index contributed by atoms with van der Waals surface area (Å²) in [4.78, 5) is 11.7. The van der Waals surface area contributed by atoms with E-state index < -0.39 is 17.5 Å². The number of halogens is 3. The smallest absolute Gasteiger partial charge is 0.248 e. The maximum atomic E-state index is 13.5. The molecule has 5 heteroatoms. The van der Waals surface area contributed by atoms with Crippen LogP contribution in [0.25, 0.3) is 6.08 Å². The maximum absolute atomic E-state index is 13.5. The van der Waals surface area contributed by atoms with Crippen LogP contribution in [0, 0.1) is 18.6 Å². The van der Waals surface area contributed by atoms with Gasteiger partial charge in [0, 0.05) is 16.1 Å². The van der Waals surface area contributed by atoms with E-state index in [1.807, 2.05) is 0 Å². The van der Waals surface area contributed by atoms with E-state index in [1.165, 1.54) is 24.3 Å². The molecule has 0 saturated heterocycles. The number of benzene rings is 2. The number of rotatable bonds is 3. The summed E-state index contributed by atoms with van der Waals surface area (Å²) in [7, 11) is 0. The van der Waals surface area contributed by atoms with Crippen molar-refractivity contribution in [2.45, 2.75) is 6.92 Å². The highest BCUT2D eigenvalue weighted by Gasteiger charge is 2.05. The van der Waals surface area contributed by atoms with Gasteiger partial charge in [0.25, 0.3) is 0 Å². The van der Waals surface area contributed by atoms with Crippen molar-refractivity contribution in [1.29, 1.82) is 0 Å². The van der Waals surface area contributed by atoms with E-state index >= 15 is 0 Å². The first-order valence-corrected chi connectivity index (χ1v) is 6.95. The molecule has 0 aliphatic heterocycles. The number of nitrogens with one attached hydrogen (secondary N) is 1. The van der Waals surface area contributed by atoms with Gasteiger partial charge in [-0.05, 0) is 48.9 Å². The summed E-state index contributed by atoms with van der Waals surface area (Å²) in [5.41, 5.74) is 1.19. The fraction of sp³-hybridized carbons (Fsp3) is 0.0625. The fourth-order valence-corrected chi connectivity index (χ4v) is 2.10. The molecule has 0 aliphatic rings. The van der Waals surface area contributed by atoms with Crippen LogP contribution in [0.2, 0.25) is 0 Å². The quantitative estimate of drug-likeness (QED) is 0.798. The molecular weight excluding hydrogens is 340 g/mol. The van der Waals surface area contributed by atoms with Crippen molar-refractivity contribution in [1.82, 2.24) is 0 Å². The summed E-state index contributed by atoms with van der Waals surface area (Å²) in [6, 6.07) is 8.82. The molecule has 0 bridgehead atoms. The Morgan fingerprint density at radius 1 is 1.14 bits per heavy atom. The second-order valence-electron chi connectivity index (χ2n) is 4.47. The van der Waals surface area contributed by atoms with Crippen LogP contribution >= 0.6 is 15.9 Å². The predicted molar refractivity (Wildman–Crippen MR) is 82.9 cm³/mol. The van der Waals surface area contributed by atoms with Crippen molar-refractivity contribution in [3.05, 3.63) is 69.7 Å². The molecule has 0 aliphatic carbocycles. The molecule has 0 aromatic heterocycles. The lowest BCUT2D eigenvalue weighted by Crippen LogP contribution is -2.09. The van der Waals surface area contributed by atoms with Gasteiger partial charge in [-0.2, -0.15) is 0 Å². The zero-order chi connectivity index (χ0) is 15.4. The van der Waals surface area contributed by atoms with Gasteiger partial charge in [-0.1, -0.05) is 22.0 Å². The van der Waals surface area contributed by atoms with Gasteiger partial charge in [0.15, 0.2) is 0 Å². The molecule has 2 aromatic rings. The average Bonchev–Trinajstić information content (AvgIpc) is 2.44. The topological polar surface area (TPSA) is 29.1 Å². The monoisotopic (exact) mass is 351 g/mol. The molecule has 0 unspecified atom stereocenters. The van der Waals surface area contributed by atoms with E-state index in [-0.39, 0.29) is 11.3 Å². The molecule has 0 saturated carbocycles. The van der Waals surface area contributed by atoms with Crippen molar-refractivity contribution in [2.24, 2.45) is 0 Å². The lowest BCUT2D eigenvalue weighted by atomic mass is 10.2. The standard InChI is InChI=1S/C16H12BrF2NO/c1-10-2-5-14(19)15(8-10)20-16(21)7-3-11-9-12(17)4-6-13(11)18/h2-9H,1H3,(H,20,21)/b7-3+. The van der Waals surface area contributed by atoms with Gasteiger partial charge >= 0.3 is 0 Å². The first kappa shape index (κ1) is 15.4. The van der Waals surface area contributed by atoms with E-state index in [2.05, 4.69) is 21.2 Å². The van der Waals surface area contributed by atoms with Gasteiger partial charge in [0.1, 0.15) is 11.6 Å². The summed E-state index contributed by atoms with van der Waals surface area (Å²) in [6.07, 6.45) is 2.50. The second kappa shape index (κ2) is 6.63.